The zero-order chi connectivity index (χ0) is 6.57. The Morgan fingerprint density at radius 1 is 0.909 bits per heavy atom. The van der Waals surface area contributed by atoms with Gasteiger partial charge in [-0.3, -0.25) is 0 Å². The Hall–Kier alpha value is -0.634. The molecule has 0 aromatic rings. The van der Waals surface area contributed by atoms with Gasteiger partial charge in [-0.05, 0) is 12.2 Å². The first kappa shape index (κ1) is 22.4. The summed E-state index contributed by atoms with van der Waals surface area (Å²) in [6.07, 6.45) is 0.769. The van der Waals surface area contributed by atoms with E-state index in [4.69, 9.17) is 0 Å². The maximum Gasteiger partial charge on any atom is 2.00 e. The fraction of sp³-hybridized carbons (Fsp3) is 0. The number of carbonyl (C=O) groups is 2. The average Bonchev–Trinajstić information content (AvgIpc) is 1.61. The molecular weight excluding hydrogens is 168 g/mol. The molecular formula is C4H6MgO6. The van der Waals surface area contributed by atoms with E-state index in [1.807, 2.05) is 0 Å². The molecule has 0 fully saturated rings. The van der Waals surface area contributed by atoms with Gasteiger partial charge in [0.2, 0.25) is 0 Å². The van der Waals surface area contributed by atoms with Crippen molar-refractivity contribution < 1.29 is 30.8 Å². The first-order chi connectivity index (χ1) is 3.63. The quantitative estimate of drug-likeness (QED) is 0.305. The van der Waals surface area contributed by atoms with Crippen molar-refractivity contribution in [2.45, 2.75) is 0 Å². The summed E-state index contributed by atoms with van der Waals surface area (Å²) < 4.78 is 0. The third-order valence-electron chi connectivity index (χ3n) is 0.355. The van der Waals surface area contributed by atoms with E-state index in [1.165, 1.54) is 0 Å². The molecule has 0 spiro atoms. The van der Waals surface area contributed by atoms with Gasteiger partial charge in [0.1, 0.15) is 0 Å². The average molecular weight is 174 g/mol. The van der Waals surface area contributed by atoms with E-state index in [2.05, 4.69) is 0 Å². The van der Waals surface area contributed by atoms with E-state index in [1.54, 1.807) is 0 Å². The number of carboxylic acids is 2. The Kier molecular flexibility index (Phi) is 24.6. The molecule has 0 aliphatic rings. The second-order valence-electron chi connectivity index (χ2n) is 0.971. The molecule has 0 amide bonds. The van der Waals surface area contributed by atoms with Crippen molar-refractivity contribution in [3.05, 3.63) is 12.2 Å². The standard InChI is InChI=1S/C4H4O4.Mg.2H2O/c5-3(6)1-2-4(7)8;;;/h1-2H,(H,5,6)(H,7,8);;2*1H2/q;+2;;/p-2. The van der Waals surface area contributed by atoms with Crippen LogP contribution in [0.2, 0.25) is 0 Å². The van der Waals surface area contributed by atoms with Crippen molar-refractivity contribution in [3.63, 3.8) is 0 Å². The van der Waals surface area contributed by atoms with Crippen LogP contribution in [0.25, 0.3) is 0 Å². The van der Waals surface area contributed by atoms with Crippen LogP contribution in [0.5, 0.6) is 0 Å². The van der Waals surface area contributed by atoms with Gasteiger partial charge >= 0.3 is 23.1 Å². The summed E-state index contributed by atoms with van der Waals surface area (Å²) in [7, 11) is 0. The van der Waals surface area contributed by atoms with E-state index < -0.39 is 11.9 Å². The zero-order valence-electron chi connectivity index (χ0n) is 5.49. The maximum absolute atomic E-state index is 9.41. The van der Waals surface area contributed by atoms with Gasteiger partial charge in [-0.1, -0.05) is 0 Å². The summed E-state index contributed by atoms with van der Waals surface area (Å²) in [5.41, 5.74) is 0. The number of aliphatic carboxylic acids is 2. The van der Waals surface area contributed by atoms with Gasteiger partial charge in [0, 0.05) is 0 Å². The van der Waals surface area contributed by atoms with E-state index in [0.717, 1.165) is 0 Å². The van der Waals surface area contributed by atoms with Crippen LogP contribution in [0.3, 0.4) is 0 Å². The molecule has 0 aromatic carbocycles. The number of carboxylic acid groups (broad SMARTS) is 2. The van der Waals surface area contributed by atoms with E-state index in [-0.39, 0.29) is 34.0 Å². The molecule has 60 valence electrons. The van der Waals surface area contributed by atoms with Gasteiger partial charge in [0.25, 0.3) is 0 Å². The predicted octanol–water partition coefficient (Wildman–Crippen LogP) is -4.99. The van der Waals surface area contributed by atoms with Gasteiger partial charge in [-0.2, -0.15) is 0 Å². The Morgan fingerprint density at radius 2 is 1.09 bits per heavy atom. The third-order valence-corrected chi connectivity index (χ3v) is 0.355. The summed E-state index contributed by atoms with van der Waals surface area (Å²) in [5.74, 6) is -3.09. The smallest absolute Gasteiger partial charge is 0.545 e. The van der Waals surface area contributed by atoms with Crippen molar-refractivity contribution in [3.8, 4) is 0 Å². The van der Waals surface area contributed by atoms with Gasteiger partial charge in [0.05, 0.1) is 11.9 Å². The summed E-state index contributed by atoms with van der Waals surface area (Å²) in [6, 6.07) is 0. The van der Waals surface area contributed by atoms with Gasteiger partial charge in [-0.25, -0.2) is 0 Å². The molecule has 0 rings (SSSR count). The largest absolute Gasteiger partial charge is 2.00 e. The number of hydrogen-bond donors (Lipinski definition) is 0. The van der Waals surface area contributed by atoms with Crippen LogP contribution in [0.4, 0.5) is 0 Å². The van der Waals surface area contributed by atoms with Crippen LogP contribution in [0.1, 0.15) is 0 Å². The van der Waals surface area contributed by atoms with E-state index in [0.29, 0.717) is 12.2 Å². The second kappa shape index (κ2) is 12.1. The zero-order valence-corrected chi connectivity index (χ0v) is 6.91. The molecule has 6 nitrogen and oxygen atoms in total. The summed E-state index contributed by atoms with van der Waals surface area (Å²) in [5, 5.41) is 18.8. The van der Waals surface area contributed by atoms with Crippen molar-refractivity contribution in [2.24, 2.45) is 0 Å². The molecule has 0 aliphatic carbocycles. The Labute approximate surface area is 78.3 Å². The molecule has 0 bridgehead atoms. The topological polar surface area (TPSA) is 143 Å². The minimum atomic E-state index is -1.55. The Balaban J connectivity index is -0.0000000817. The number of carbonyl (C=O) groups excluding carboxylic acids is 2. The monoisotopic (exact) mass is 174 g/mol. The van der Waals surface area contributed by atoms with Gasteiger partial charge in [-0.15, -0.1) is 0 Å². The second-order valence-corrected chi connectivity index (χ2v) is 0.971. The molecule has 0 radical (unpaired) electrons. The van der Waals surface area contributed by atoms with E-state index in [9.17, 15) is 19.8 Å². The van der Waals surface area contributed by atoms with Gasteiger partial charge in [0.15, 0.2) is 0 Å². The Morgan fingerprint density at radius 3 is 1.18 bits per heavy atom. The summed E-state index contributed by atoms with van der Waals surface area (Å²) in [6.45, 7) is 0. The molecule has 0 unspecified atom stereocenters. The molecule has 0 saturated carbocycles. The van der Waals surface area contributed by atoms with Crippen LogP contribution < -0.4 is 10.2 Å². The normalized spacial score (nSPS) is 6.91. The number of hydrogen-bond acceptors (Lipinski definition) is 4. The van der Waals surface area contributed by atoms with Crippen LogP contribution in [-0.2, 0) is 9.59 Å². The molecule has 4 N–H and O–H groups in total. The third kappa shape index (κ3) is 26.7. The van der Waals surface area contributed by atoms with Crippen molar-refractivity contribution in [1.29, 1.82) is 0 Å². The Bertz CT molecular complexity index is 126. The number of rotatable bonds is 2. The first-order valence-electron chi connectivity index (χ1n) is 1.73. The fourth-order valence-corrected chi connectivity index (χ4v) is 0.136. The minimum absolute atomic E-state index is 0. The molecule has 7 heteroatoms. The SMILES string of the molecule is O.O.O=C([O-])C=CC(=O)[O-].[Mg+2]. The van der Waals surface area contributed by atoms with Crippen LogP contribution in [0.15, 0.2) is 12.2 Å². The summed E-state index contributed by atoms with van der Waals surface area (Å²) in [4.78, 5) is 18.8. The minimum Gasteiger partial charge on any atom is -0.545 e. The molecule has 0 saturated heterocycles. The van der Waals surface area contributed by atoms with Crippen LogP contribution in [-0.4, -0.2) is 45.9 Å². The molecule has 0 aromatic heterocycles. The van der Waals surface area contributed by atoms with Crippen LogP contribution >= 0.6 is 0 Å². The van der Waals surface area contributed by atoms with Crippen molar-refractivity contribution >= 4 is 35.0 Å². The van der Waals surface area contributed by atoms with Crippen LogP contribution in [0, 0.1) is 0 Å². The molecule has 0 aliphatic heterocycles. The fourth-order valence-electron chi connectivity index (χ4n) is 0.136. The van der Waals surface area contributed by atoms with Crippen molar-refractivity contribution in [1.82, 2.24) is 0 Å². The molecule has 11 heavy (non-hydrogen) atoms. The first-order valence-corrected chi connectivity index (χ1v) is 1.73. The predicted molar refractivity (Wildman–Crippen MR) is 32.1 cm³/mol. The van der Waals surface area contributed by atoms with E-state index >= 15 is 0 Å². The van der Waals surface area contributed by atoms with Crippen molar-refractivity contribution in [2.75, 3.05) is 0 Å². The van der Waals surface area contributed by atoms with Gasteiger partial charge < -0.3 is 30.8 Å². The molecule has 0 heterocycles. The summed E-state index contributed by atoms with van der Waals surface area (Å²) >= 11 is 0. The maximum atomic E-state index is 9.41. The molecule has 0 atom stereocenters.